The van der Waals surface area contributed by atoms with Gasteiger partial charge in [-0.1, -0.05) is 0 Å². The molecule has 0 aromatic rings. The van der Waals surface area contributed by atoms with Crippen LogP contribution in [-0.4, -0.2) is 54.8 Å². The topological polar surface area (TPSA) is 149 Å². The molecule has 0 fully saturated rings. The van der Waals surface area contributed by atoms with Gasteiger partial charge in [0.1, 0.15) is 10.5 Å². The zero-order chi connectivity index (χ0) is 14.9. The number of rotatable bonds is 6. The van der Waals surface area contributed by atoms with Crippen molar-refractivity contribution < 1.29 is 39.6 Å². The SMILES string of the molecule is O=C(O)C(S)C(S)C(=O)O.O=C(O)CCC(=O)O. The maximum Gasteiger partial charge on any atom is 0.318 e. The Bertz CT molecular complexity index is 297. The maximum absolute atomic E-state index is 10.1. The average molecular weight is 300 g/mol. The predicted molar refractivity (Wildman–Crippen MR) is 65.3 cm³/mol. The Labute approximate surface area is 112 Å². The molecule has 2 unspecified atom stereocenters. The van der Waals surface area contributed by atoms with E-state index in [1.807, 2.05) is 0 Å². The lowest BCUT2D eigenvalue weighted by molar-refractivity contribution is -0.143. The van der Waals surface area contributed by atoms with Gasteiger partial charge in [0.2, 0.25) is 0 Å². The molecule has 104 valence electrons. The van der Waals surface area contributed by atoms with Gasteiger partial charge in [-0.15, -0.1) is 0 Å². The zero-order valence-electron chi connectivity index (χ0n) is 8.89. The quantitative estimate of drug-likeness (QED) is 0.366. The van der Waals surface area contributed by atoms with Crippen LogP contribution in [0.4, 0.5) is 0 Å². The van der Waals surface area contributed by atoms with E-state index >= 15 is 0 Å². The van der Waals surface area contributed by atoms with E-state index in [1.54, 1.807) is 0 Å². The van der Waals surface area contributed by atoms with Crippen LogP contribution < -0.4 is 0 Å². The van der Waals surface area contributed by atoms with Crippen LogP contribution in [0.5, 0.6) is 0 Å². The van der Waals surface area contributed by atoms with E-state index in [0.717, 1.165) is 0 Å². The molecule has 18 heavy (non-hydrogen) atoms. The summed E-state index contributed by atoms with van der Waals surface area (Å²) < 4.78 is 0. The van der Waals surface area contributed by atoms with E-state index in [-0.39, 0.29) is 12.8 Å². The Balaban J connectivity index is 0. The molecule has 0 saturated heterocycles. The fourth-order valence-corrected chi connectivity index (χ4v) is 0.739. The van der Waals surface area contributed by atoms with Gasteiger partial charge in [0.15, 0.2) is 0 Å². The molecule has 0 saturated carbocycles. The molecule has 0 aliphatic heterocycles. The molecule has 0 radical (unpaired) electrons. The molecule has 0 spiro atoms. The molecule has 0 heterocycles. The first-order valence-electron chi connectivity index (χ1n) is 4.35. The van der Waals surface area contributed by atoms with Crippen LogP contribution in [0.15, 0.2) is 0 Å². The minimum atomic E-state index is -1.29. The van der Waals surface area contributed by atoms with E-state index in [9.17, 15) is 19.2 Å². The molecule has 8 nitrogen and oxygen atoms in total. The van der Waals surface area contributed by atoms with Gasteiger partial charge in [-0.25, -0.2) is 0 Å². The van der Waals surface area contributed by atoms with Crippen LogP contribution in [0.25, 0.3) is 0 Å². The fourth-order valence-electron chi connectivity index (χ4n) is 0.484. The Morgan fingerprint density at radius 1 is 0.722 bits per heavy atom. The summed E-state index contributed by atoms with van der Waals surface area (Å²) in [6.45, 7) is 0. The van der Waals surface area contributed by atoms with Gasteiger partial charge < -0.3 is 20.4 Å². The highest BCUT2D eigenvalue weighted by molar-refractivity contribution is 7.86. The molecule has 0 aliphatic rings. The number of carboxylic acid groups (broad SMARTS) is 4. The monoisotopic (exact) mass is 300 g/mol. The van der Waals surface area contributed by atoms with Crippen molar-refractivity contribution in [1.29, 1.82) is 0 Å². The molecule has 0 rings (SSSR count). The van der Waals surface area contributed by atoms with Gasteiger partial charge in [-0.2, -0.15) is 25.3 Å². The van der Waals surface area contributed by atoms with Crippen LogP contribution in [0.3, 0.4) is 0 Å². The van der Waals surface area contributed by atoms with E-state index in [4.69, 9.17) is 20.4 Å². The van der Waals surface area contributed by atoms with Crippen molar-refractivity contribution >= 4 is 49.1 Å². The van der Waals surface area contributed by atoms with Gasteiger partial charge in [0, 0.05) is 0 Å². The van der Waals surface area contributed by atoms with Crippen LogP contribution in [0.2, 0.25) is 0 Å². The van der Waals surface area contributed by atoms with E-state index in [1.165, 1.54) is 0 Å². The summed E-state index contributed by atoms with van der Waals surface area (Å²) in [6, 6.07) is 0. The lowest BCUT2D eigenvalue weighted by Gasteiger charge is -2.07. The molecule has 4 N–H and O–H groups in total. The number of carboxylic acids is 4. The lowest BCUT2D eigenvalue weighted by atomic mass is 10.3. The summed E-state index contributed by atoms with van der Waals surface area (Å²) in [4.78, 5) is 39.4. The average Bonchev–Trinajstić information content (AvgIpc) is 2.24. The molecular formula is C8H12O8S2. The summed E-state index contributed by atoms with van der Waals surface area (Å²) in [5, 5.41) is 29.7. The van der Waals surface area contributed by atoms with Crippen molar-refractivity contribution in [2.45, 2.75) is 23.3 Å². The highest BCUT2D eigenvalue weighted by Crippen LogP contribution is 2.08. The van der Waals surface area contributed by atoms with Crippen molar-refractivity contribution in [3.8, 4) is 0 Å². The molecule has 10 heteroatoms. The molecule has 0 aromatic carbocycles. The summed E-state index contributed by atoms with van der Waals surface area (Å²) in [5.41, 5.74) is 0. The normalized spacial score (nSPS) is 12.6. The maximum atomic E-state index is 10.1. The second kappa shape index (κ2) is 9.59. The number of aliphatic carboxylic acids is 4. The van der Waals surface area contributed by atoms with Crippen molar-refractivity contribution in [2.75, 3.05) is 0 Å². The second-order valence-electron chi connectivity index (χ2n) is 2.85. The third kappa shape index (κ3) is 11.1. The van der Waals surface area contributed by atoms with Crippen molar-refractivity contribution in [1.82, 2.24) is 0 Å². The Morgan fingerprint density at radius 3 is 1.06 bits per heavy atom. The molecule has 0 aliphatic carbocycles. The zero-order valence-corrected chi connectivity index (χ0v) is 10.7. The minimum Gasteiger partial charge on any atom is -0.481 e. The highest BCUT2D eigenvalue weighted by Gasteiger charge is 2.26. The van der Waals surface area contributed by atoms with E-state index in [0.29, 0.717) is 0 Å². The molecule has 0 amide bonds. The summed E-state index contributed by atoms with van der Waals surface area (Å²) in [7, 11) is 0. The van der Waals surface area contributed by atoms with E-state index in [2.05, 4.69) is 25.3 Å². The predicted octanol–water partition coefficient (Wildman–Crippen LogP) is -0.312. The van der Waals surface area contributed by atoms with Crippen LogP contribution >= 0.6 is 25.3 Å². The van der Waals surface area contributed by atoms with Gasteiger partial charge in [-0.3, -0.25) is 19.2 Å². The molecule has 0 bridgehead atoms. The smallest absolute Gasteiger partial charge is 0.318 e. The number of hydrogen-bond acceptors (Lipinski definition) is 6. The summed E-state index contributed by atoms with van der Waals surface area (Å²) in [6.07, 6.45) is -0.593. The molecule has 2 atom stereocenters. The van der Waals surface area contributed by atoms with Gasteiger partial charge in [0.25, 0.3) is 0 Å². The van der Waals surface area contributed by atoms with Gasteiger partial charge in [-0.05, 0) is 0 Å². The first-order valence-corrected chi connectivity index (χ1v) is 5.38. The van der Waals surface area contributed by atoms with Gasteiger partial charge >= 0.3 is 23.9 Å². The summed E-state index contributed by atoms with van der Waals surface area (Å²) in [5.74, 6) is -4.73. The van der Waals surface area contributed by atoms with Crippen LogP contribution in [-0.2, 0) is 19.2 Å². The summed E-state index contributed by atoms with van der Waals surface area (Å²) >= 11 is 7.00. The van der Waals surface area contributed by atoms with Crippen molar-refractivity contribution in [3.05, 3.63) is 0 Å². The van der Waals surface area contributed by atoms with E-state index < -0.39 is 34.4 Å². The standard InChI is InChI=1S/C4H6O4S2.C4H6O4/c5-3(6)1(9)2(10)4(7)8;5-3(6)1-2-4(7)8/h1-2,9-10H,(H,5,6)(H,7,8);1-2H2,(H,5,6)(H,7,8). The van der Waals surface area contributed by atoms with Crippen molar-refractivity contribution in [3.63, 3.8) is 0 Å². The Hall–Kier alpha value is -1.42. The third-order valence-electron chi connectivity index (χ3n) is 1.36. The van der Waals surface area contributed by atoms with Crippen LogP contribution in [0, 0.1) is 0 Å². The first kappa shape index (κ1) is 18.9. The third-order valence-corrected chi connectivity index (χ3v) is 2.63. The van der Waals surface area contributed by atoms with Crippen LogP contribution in [0.1, 0.15) is 12.8 Å². The molecule has 0 aromatic heterocycles. The largest absolute Gasteiger partial charge is 0.481 e. The number of carbonyl (C=O) groups is 4. The van der Waals surface area contributed by atoms with Gasteiger partial charge in [0.05, 0.1) is 12.8 Å². The van der Waals surface area contributed by atoms with Crippen molar-refractivity contribution in [2.24, 2.45) is 0 Å². The second-order valence-corrected chi connectivity index (χ2v) is 3.97. The first-order chi connectivity index (χ1) is 8.09. The minimum absolute atomic E-state index is 0.296. The Morgan fingerprint density at radius 2 is 0.944 bits per heavy atom. The highest BCUT2D eigenvalue weighted by atomic mass is 32.1. The number of thiol groups is 2. The fraction of sp³-hybridized carbons (Fsp3) is 0.500. The lowest BCUT2D eigenvalue weighted by Crippen LogP contribution is -2.31. The number of hydrogen-bond donors (Lipinski definition) is 6. The Kier molecular flexibility index (Phi) is 10.1. The molecular weight excluding hydrogens is 288 g/mol.